The lowest BCUT2D eigenvalue weighted by Crippen LogP contribution is -2.26. The molecular weight excluding hydrogens is 290 g/mol. The van der Waals surface area contributed by atoms with Crippen molar-refractivity contribution in [3.8, 4) is 0 Å². The summed E-state index contributed by atoms with van der Waals surface area (Å²) >= 11 is 5.98. The summed E-state index contributed by atoms with van der Waals surface area (Å²) in [5, 5.41) is 14.4. The number of hydrogen-bond acceptors (Lipinski definition) is 4. The lowest BCUT2D eigenvalue weighted by atomic mass is 10.1. The highest BCUT2D eigenvalue weighted by Gasteiger charge is 2.19. The summed E-state index contributed by atoms with van der Waals surface area (Å²) in [6, 6.07) is 10.8. The maximum absolute atomic E-state index is 9.50. The minimum absolute atomic E-state index is 0.0517. The van der Waals surface area contributed by atoms with Crippen molar-refractivity contribution in [1.29, 1.82) is 0 Å². The van der Waals surface area contributed by atoms with E-state index in [0.717, 1.165) is 16.7 Å². The van der Waals surface area contributed by atoms with Crippen LogP contribution >= 0.6 is 11.6 Å². The van der Waals surface area contributed by atoms with Gasteiger partial charge in [0, 0.05) is 10.4 Å². The van der Waals surface area contributed by atoms with E-state index in [-0.39, 0.29) is 18.7 Å². The average Bonchev–Trinajstić information content (AvgIpc) is 3.12. The van der Waals surface area contributed by atoms with Crippen molar-refractivity contribution < 1.29 is 13.9 Å². The smallest absolute Gasteiger partial charge is 0.134 e. The molecule has 0 bridgehead atoms. The van der Waals surface area contributed by atoms with Crippen LogP contribution in [-0.4, -0.2) is 11.7 Å². The van der Waals surface area contributed by atoms with Gasteiger partial charge in [-0.15, -0.1) is 0 Å². The SMILES string of the molecule is CC(NC(CO)c1ccco1)c1cc2cc(Cl)ccc2o1. The largest absolute Gasteiger partial charge is 0.468 e. The van der Waals surface area contributed by atoms with Gasteiger partial charge >= 0.3 is 0 Å². The molecule has 0 aliphatic heterocycles. The highest BCUT2D eigenvalue weighted by atomic mass is 35.5. The molecule has 2 heterocycles. The summed E-state index contributed by atoms with van der Waals surface area (Å²) in [7, 11) is 0. The van der Waals surface area contributed by atoms with Crippen molar-refractivity contribution in [2.24, 2.45) is 0 Å². The van der Waals surface area contributed by atoms with Gasteiger partial charge in [-0.3, -0.25) is 5.32 Å². The molecule has 0 amide bonds. The molecule has 2 N–H and O–H groups in total. The Hall–Kier alpha value is -1.75. The number of furan rings is 2. The molecule has 5 heteroatoms. The van der Waals surface area contributed by atoms with Crippen LogP contribution in [0, 0.1) is 0 Å². The van der Waals surface area contributed by atoms with E-state index in [1.54, 1.807) is 18.4 Å². The van der Waals surface area contributed by atoms with Crippen LogP contribution in [-0.2, 0) is 0 Å². The van der Waals surface area contributed by atoms with Crippen molar-refractivity contribution in [2.45, 2.75) is 19.0 Å². The van der Waals surface area contributed by atoms with Crippen molar-refractivity contribution in [2.75, 3.05) is 6.61 Å². The Morgan fingerprint density at radius 3 is 2.81 bits per heavy atom. The maximum Gasteiger partial charge on any atom is 0.134 e. The van der Waals surface area contributed by atoms with Crippen LogP contribution in [0.1, 0.15) is 30.5 Å². The Morgan fingerprint density at radius 1 is 1.24 bits per heavy atom. The molecule has 3 aromatic rings. The number of aliphatic hydroxyl groups is 1. The van der Waals surface area contributed by atoms with Crippen LogP contribution in [0.2, 0.25) is 5.02 Å². The third kappa shape index (κ3) is 2.97. The Bertz CT molecular complexity index is 720. The van der Waals surface area contributed by atoms with Gasteiger partial charge in [0.05, 0.1) is 25.0 Å². The number of hydrogen-bond donors (Lipinski definition) is 2. The van der Waals surface area contributed by atoms with Gasteiger partial charge < -0.3 is 13.9 Å². The second-order valence-electron chi connectivity index (χ2n) is 4.97. The highest BCUT2D eigenvalue weighted by Crippen LogP contribution is 2.27. The average molecular weight is 306 g/mol. The lowest BCUT2D eigenvalue weighted by Gasteiger charge is -2.18. The number of benzene rings is 1. The topological polar surface area (TPSA) is 58.5 Å². The fourth-order valence-electron chi connectivity index (χ4n) is 2.35. The first kappa shape index (κ1) is 14.2. The number of nitrogens with one attached hydrogen (secondary N) is 1. The molecule has 0 fully saturated rings. The molecule has 4 nitrogen and oxygen atoms in total. The lowest BCUT2D eigenvalue weighted by molar-refractivity contribution is 0.213. The van der Waals surface area contributed by atoms with E-state index in [2.05, 4.69) is 5.32 Å². The fraction of sp³-hybridized carbons (Fsp3) is 0.250. The van der Waals surface area contributed by atoms with Gasteiger partial charge in [-0.1, -0.05) is 11.6 Å². The molecule has 0 radical (unpaired) electrons. The Kier molecular flexibility index (Phi) is 4.01. The van der Waals surface area contributed by atoms with Crippen molar-refractivity contribution >= 4 is 22.6 Å². The second-order valence-corrected chi connectivity index (χ2v) is 5.41. The van der Waals surface area contributed by atoms with Crippen LogP contribution in [0.5, 0.6) is 0 Å². The first-order valence-corrected chi connectivity index (χ1v) is 7.14. The first-order valence-electron chi connectivity index (χ1n) is 6.76. The highest BCUT2D eigenvalue weighted by molar-refractivity contribution is 6.31. The van der Waals surface area contributed by atoms with Crippen LogP contribution in [0.15, 0.2) is 51.5 Å². The normalized spacial score (nSPS) is 14.4. The summed E-state index contributed by atoms with van der Waals surface area (Å²) < 4.78 is 11.1. The van der Waals surface area contributed by atoms with Gasteiger partial charge in [0.25, 0.3) is 0 Å². The number of fused-ring (bicyclic) bond motifs is 1. The van der Waals surface area contributed by atoms with E-state index >= 15 is 0 Å². The Labute approximate surface area is 127 Å². The molecule has 110 valence electrons. The van der Waals surface area contributed by atoms with E-state index in [1.807, 2.05) is 31.2 Å². The summed E-state index contributed by atoms with van der Waals surface area (Å²) in [6.45, 7) is 1.93. The predicted octanol–water partition coefficient (Wildman–Crippen LogP) is 4.06. The predicted molar refractivity (Wildman–Crippen MR) is 81.3 cm³/mol. The molecule has 1 aromatic carbocycles. The van der Waals surface area contributed by atoms with Crippen molar-refractivity contribution in [1.82, 2.24) is 5.32 Å². The van der Waals surface area contributed by atoms with E-state index in [1.165, 1.54) is 0 Å². The van der Waals surface area contributed by atoms with Crippen LogP contribution in [0.4, 0.5) is 0 Å². The molecular formula is C16H16ClNO3. The molecule has 0 spiro atoms. The third-order valence-corrected chi connectivity index (χ3v) is 3.68. The molecule has 0 aliphatic carbocycles. The van der Waals surface area contributed by atoms with Crippen LogP contribution < -0.4 is 5.32 Å². The van der Waals surface area contributed by atoms with E-state index in [0.29, 0.717) is 10.8 Å². The van der Waals surface area contributed by atoms with Gasteiger partial charge in [0.1, 0.15) is 17.1 Å². The summed E-state index contributed by atoms with van der Waals surface area (Å²) in [5.41, 5.74) is 0.793. The Balaban J connectivity index is 1.81. The number of halogens is 1. The summed E-state index contributed by atoms with van der Waals surface area (Å²) in [6.07, 6.45) is 1.59. The van der Waals surface area contributed by atoms with Gasteiger partial charge in [0.15, 0.2) is 0 Å². The number of rotatable bonds is 5. The molecule has 0 aliphatic rings. The maximum atomic E-state index is 9.50. The standard InChI is InChI=1S/C16H16ClNO3/c1-10(18-13(9-19)15-3-2-6-20-15)16-8-11-7-12(17)4-5-14(11)21-16/h2-8,10,13,18-19H,9H2,1H3. The van der Waals surface area contributed by atoms with Crippen molar-refractivity contribution in [3.63, 3.8) is 0 Å². The van der Waals surface area contributed by atoms with E-state index in [9.17, 15) is 5.11 Å². The van der Waals surface area contributed by atoms with Crippen molar-refractivity contribution in [3.05, 3.63) is 59.2 Å². The molecule has 2 atom stereocenters. The van der Waals surface area contributed by atoms with Gasteiger partial charge in [0.2, 0.25) is 0 Å². The molecule has 21 heavy (non-hydrogen) atoms. The molecule has 3 rings (SSSR count). The molecule has 2 unspecified atom stereocenters. The number of aliphatic hydroxyl groups excluding tert-OH is 1. The second kappa shape index (κ2) is 5.93. The van der Waals surface area contributed by atoms with Gasteiger partial charge in [-0.05, 0) is 43.3 Å². The van der Waals surface area contributed by atoms with Gasteiger partial charge in [-0.2, -0.15) is 0 Å². The monoisotopic (exact) mass is 305 g/mol. The minimum Gasteiger partial charge on any atom is -0.468 e. The quantitative estimate of drug-likeness (QED) is 0.746. The summed E-state index contributed by atoms with van der Waals surface area (Å²) in [5.74, 6) is 1.49. The summed E-state index contributed by atoms with van der Waals surface area (Å²) in [4.78, 5) is 0. The molecule has 0 saturated heterocycles. The third-order valence-electron chi connectivity index (χ3n) is 3.44. The molecule has 2 aromatic heterocycles. The zero-order chi connectivity index (χ0) is 14.8. The zero-order valence-electron chi connectivity index (χ0n) is 11.5. The zero-order valence-corrected chi connectivity index (χ0v) is 12.3. The molecule has 0 saturated carbocycles. The van der Waals surface area contributed by atoms with Crippen LogP contribution in [0.25, 0.3) is 11.0 Å². The fourth-order valence-corrected chi connectivity index (χ4v) is 2.53. The van der Waals surface area contributed by atoms with E-state index in [4.69, 9.17) is 20.4 Å². The first-order chi connectivity index (χ1) is 10.2. The minimum atomic E-state index is -0.271. The Morgan fingerprint density at radius 2 is 2.10 bits per heavy atom. The van der Waals surface area contributed by atoms with E-state index < -0.39 is 0 Å². The van der Waals surface area contributed by atoms with Crippen LogP contribution in [0.3, 0.4) is 0 Å². The van der Waals surface area contributed by atoms with Gasteiger partial charge in [-0.25, -0.2) is 0 Å².